The van der Waals surface area contributed by atoms with Crippen LogP contribution >= 0.6 is 11.6 Å². The highest BCUT2D eigenvalue weighted by Crippen LogP contribution is 2.36. The molecule has 0 aliphatic carbocycles. The number of nitrogens with one attached hydrogen (secondary N) is 1. The van der Waals surface area contributed by atoms with E-state index in [0.29, 0.717) is 22.0 Å². The quantitative estimate of drug-likeness (QED) is 0.640. The zero-order chi connectivity index (χ0) is 22.0. The number of aryl methyl sites for hydroxylation is 1. The topological polar surface area (TPSA) is 58.6 Å². The smallest absolute Gasteiger partial charge is 0.261 e. The molecule has 4 rings (SSSR count). The van der Waals surface area contributed by atoms with E-state index >= 15 is 0 Å². The average Bonchev–Trinajstić information content (AvgIpc) is 2.89. The molecule has 3 aromatic rings. The van der Waals surface area contributed by atoms with Gasteiger partial charge in [-0.15, -0.1) is 0 Å². The lowest BCUT2D eigenvalue weighted by Gasteiger charge is -2.30. The van der Waals surface area contributed by atoms with E-state index in [1.807, 2.05) is 25.1 Å². The second-order valence-corrected chi connectivity index (χ2v) is 7.79. The van der Waals surface area contributed by atoms with E-state index in [-0.39, 0.29) is 30.8 Å². The summed E-state index contributed by atoms with van der Waals surface area (Å²) in [6.45, 7) is 1.52. The Labute approximate surface area is 184 Å². The largest absolute Gasteiger partial charge is 0.484 e. The molecule has 0 spiro atoms. The first kappa shape index (κ1) is 20.9. The lowest BCUT2D eigenvalue weighted by molar-refractivity contribution is -0.138. The zero-order valence-corrected chi connectivity index (χ0v) is 17.5. The molecule has 3 aromatic carbocycles. The first-order chi connectivity index (χ1) is 14.9. The maximum Gasteiger partial charge on any atom is 0.261 e. The predicted molar refractivity (Wildman–Crippen MR) is 117 cm³/mol. The number of anilines is 1. The Morgan fingerprint density at radius 2 is 1.84 bits per heavy atom. The number of halogens is 2. The van der Waals surface area contributed by atoms with Gasteiger partial charge in [0.15, 0.2) is 6.61 Å². The predicted octanol–water partition coefficient (Wildman–Crippen LogP) is 4.74. The maximum atomic E-state index is 13.6. The molecule has 0 saturated heterocycles. The third kappa shape index (κ3) is 4.70. The minimum Gasteiger partial charge on any atom is -0.484 e. The zero-order valence-electron chi connectivity index (χ0n) is 16.8. The van der Waals surface area contributed by atoms with Gasteiger partial charge in [0.05, 0.1) is 6.04 Å². The molecule has 1 N–H and O–H groups in total. The fourth-order valence-electron chi connectivity index (χ4n) is 3.62. The van der Waals surface area contributed by atoms with Gasteiger partial charge < -0.3 is 15.0 Å². The Morgan fingerprint density at radius 1 is 1.13 bits per heavy atom. The fraction of sp³-hybridized carbons (Fsp3) is 0.167. The van der Waals surface area contributed by atoms with Crippen LogP contribution in [0.4, 0.5) is 10.1 Å². The number of fused-ring (bicyclic) bond motifs is 1. The van der Waals surface area contributed by atoms with E-state index < -0.39 is 6.04 Å². The molecule has 0 radical (unpaired) electrons. The van der Waals surface area contributed by atoms with Crippen LogP contribution in [0, 0.1) is 12.7 Å². The normalized spacial score (nSPS) is 15.6. The Hall–Kier alpha value is -3.38. The van der Waals surface area contributed by atoms with Crippen LogP contribution in [0.3, 0.4) is 0 Å². The van der Waals surface area contributed by atoms with Crippen LogP contribution in [0.1, 0.15) is 22.7 Å². The van der Waals surface area contributed by atoms with Gasteiger partial charge in [0.25, 0.3) is 5.91 Å². The summed E-state index contributed by atoms with van der Waals surface area (Å²) in [4.78, 5) is 27.2. The van der Waals surface area contributed by atoms with Crippen molar-refractivity contribution in [1.29, 1.82) is 0 Å². The number of hydrogen-bond acceptors (Lipinski definition) is 3. The van der Waals surface area contributed by atoms with Crippen molar-refractivity contribution >= 4 is 29.1 Å². The molecular weight excluding hydrogens is 419 g/mol. The first-order valence-electron chi connectivity index (χ1n) is 9.74. The molecule has 0 aromatic heterocycles. The van der Waals surface area contributed by atoms with E-state index in [1.165, 1.54) is 17.0 Å². The molecule has 0 unspecified atom stereocenters. The SMILES string of the molecule is Cc1ccc2c(c1)[C@@H](c1ccc(F)cc1)N(C(=O)COc1ccc(Cl)cc1)CC(=O)N2. The van der Waals surface area contributed by atoms with Crippen LogP contribution in [0.25, 0.3) is 0 Å². The minimum atomic E-state index is -0.573. The lowest BCUT2D eigenvalue weighted by Crippen LogP contribution is -2.41. The van der Waals surface area contributed by atoms with Crippen molar-refractivity contribution in [2.45, 2.75) is 13.0 Å². The molecular formula is C24H20ClFN2O3. The van der Waals surface area contributed by atoms with Crippen molar-refractivity contribution < 1.29 is 18.7 Å². The number of hydrogen-bond donors (Lipinski definition) is 1. The molecule has 5 nitrogen and oxygen atoms in total. The summed E-state index contributed by atoms with van der Waals surface area (Å²) in [5.74, 6) is -0.560. The van der Waals surface area contributed by atoms with E-state index in [9.17, 15) is 14.0 Å². The van der Waals surface area contributed by atoms with Crippen LogP contribution < -0.4 is 10.1 Å². The highest BCUT2D eigenvalue weighted by molar-refractivity contribution is 6.30. The van der Waals surface area contributed by atoms with Gasteiger partial charge in [-0.3, -0.25) is 9.59 Å². The van der Waals surface area contributed by atoms with Crippen LogP contribution in [-0.2, 0) is 9.59 Å². The Morgan fingerprint density at radius 3 is 2.55 bits per heavy atom. The third-order valence-electron chi connectivity index (χ3n) is 5.08. The van der Waals surface area contributed by atoms with Gasteiger partial charge in [0.2, 0.25) is 5.91 Å². The van der Waals surface area contributed by atoms with Crippen molar-refractivity contribution in [2.24, 2.45) is 0 Å². The molecule has 0 fully saturated rings. The van der Waals surface area contributed by atoms with Crippen molar-refractivity contribution in [3.8, 4) is 5.75 Å². The second kappa shape index (κ2) is 8.78. The molecule has 158 valence electrons. The summed E-state index contributed by atoms with van der Waals surface area (Å²) in [7, 11) is 0. The highest BCUT2D eigenvalue weighted by Gasteiger charge is 2.33. The molecule has 0 saturated carbocycles. The number of benzene rings is 3. The Kier molecular flexibility index (Phi) is 5.91. The van der Waals surface area contributed by atoms with E-state index in [4.69, 9.17) is 16.3 Å². The highest BCUT2D eigenvalue weighted by atomic mass is 35.5. The molecule has 0 bridgehead atoms. The monoisotopic (exact) mass is 438 g/mol. The number of carbonyl (C=O) groups is 2. The van der Waals surface area contributed by atoms with Crippen LogP contribution in [0.5, 0.6) is 5.75 Å². The second-order valence-electron chi connectivity index (χ2n) is 7.36. The van der Waals surface area contributed by atoms with Gasteiger partial charge >= 0.3 is 0 Å². The third-order valence-corrected chi connectivity index (χ3v) is 5.34. The number of rotatable bonds is 4. The number of nitrogens with zero attached hydrogens (tertiary/aromatic N) is 1. The minimum absolute atomic E-state index is 0.154. The van der Waals surface area contributed by atoms with Crippen molar-refractivity contribution in [3.05, 3.63) is 94.3 Å². The van der Waals surface area contributed by atoms with Gasteiger partial charge in [0, 0.05) is 16.3 Å². The summed E-state index contributed by atoms with van der Waals surface area (Å²) >= 11 is 5.89. The van der Waals surface area contributed by atoms with Gasteiger partial charge in [-0.2, -0.15) is 0 Å². The summed E-state index contributed by atoms with van der Waals surface area (Å²) in [6.07, 6.45) is 0. The summed E-state index contributed by atoms with van der Waals surface area (Å²) in [6, 6.07) is 17.7. The van der Waals surface area contributed by atoms with Crippen molar-refractivity contribution in [1.82, 2.24) is 4.90 Å². The number of ether oxygens (including phenoxy) is 1. The van der Waals surface area contributed by atoms with Crippen molar-refractivity contribution in [2.75, 3.05) is 18.5 Å². The molecule has 1 aliphatic rings. The van der Waals surface area contributed by atoms with Gasteiger partial charge in [-0.1, -0.05) is 41.4 Å². The number of amides is 2. The van der Waals surface area contributed by atoms with Crippen LogP contribution in [-0.4, -0.2) is 29.9 Å². The number of carbonyl (C=O) groups excluding carboxylic acids is 2. The van der Waals surface area contributed by atoms with Gasteiger partial charge in [-0.25, -0.2) is 4.39 Å². The lowest BCUT2D eigenvalue weighted by atomic mass is 9.94. The molecule has 1 aliphatic heterocycles. The van der Waals surface area contributed by atoms with E-state index in [1.54, 1.807) is 36.4 Å². The van der Waals surface area contributed by atoms with E-state index in [0.717, 1.165) is 11.1 Å². The van der Waals surface area contributed by atoms with Crippen molar-refractivity contribution in [3.63, 3.8) is 0 Å². The summed E-state index contributed by atoms with van der Waals surface area (Å²) in [5.41, 5.74) is 3.06. The van der Waals surface area contributed by atoms with Crippen LogP contribution in [0.15, 0.2) is 66.7 Å². The molecule has 7 heteroatoms. The standard InChI is InChI=1S/C24H20ClFN2O3/c1-15-2-11-21-20(12-15)24(16-3-7-18(26)8-4-16)28(13-22(29)27-21)23(30)14-31-19-9-5-17(25)6-10-19/h2-12,24H,13-14H2,1H3,(H,27,29)/t24-/m1/s1. The van der Waals surface area contributed by atoms with E-state index in [2.05, 4.69) is 5.32 Å². The Bertz CT molecular complexity index is 1120. The van der Waals surface area contributed by atoms with Crippen LogP contribution in [0.2, 0.25) is 5.02 Å². The fourth-order valence-corrected chi connectivity index (χ4v) is 3.75. The maximum absolute atomic E-state index is 13.6. The average molecular weight is 439 g/mol. The Balaban J connectivity index is 1.70. The molecule has 2 amide bonds. The molecule has 1 heterocycles. The molecule has 31 heavy (non-hydrogen) atoms. The summed E-state index contributed by atoms with van der Waals surface area (Å²) < 4.78 is 19.2. The first-order valence-corrected chi connectivity index (χ1v) is 10.1. The summed E-state index contributed by atoms with van der Waals surface area (Å²) in [5, 5.41) is 3.42. The molecule has 1 atom stereocenters. The van der Waals surface area contributed by atoms with Gasteiger partial charge in [-0.05, 0) is 55.0 Å². The van der Waals surface area contributed by atoms with Gasteiger partial charge in [0.1, 0.15) is 18.1 Å².